The van der Waals surface area contributed by atoms with Crippen LogP contribution in [0.3, 0.4) is 0 Å². The van der Waals surface area contributed by atoms with Crippen molar-refractivity contribution >= 4 is 45.8 Å². The number of thiophene rings is 1. The zero-order chi connectivity index (χ0) is 24.7. The molecule has 35 heavy (non-hydrogen) atoms. The molecule has 7 nitrogen and oxygen atoms in total. The Morgan fingerprint density at radius 1 is 1.23 bits per heavy atom. The molecule has 0 radical (unpaired) electrons. The number of halogens is 1. The van der Waals surface area contributed by atoms with Gasteiger partial charge >= 0.3 is 5.97 Å². The summed E-state index contributed by atoms with van der Waals surface area (Å²) >= 11 is 7.78. The number of pyridine rings is 1. The molecule has 2 aliphatic heterocycles. The molecule has 5 heterocycles. The Balaban J connectivity index is 1.39. The van der Waals surface area contributed by atoms with Gasteiger partial charge in [0, 0.05) is 40.5 Å². The van der Waals surface area contributed by atoms with Crippen LogP contribution >= 0.6 is 22.9 Å². The minimum atomic E-state index is -0.736. The van der Waals surface area contributed by atoms with Crippen LogP contribution in [0, 0.1) is 5.92 Å². The number of amides is 1. The van der Waals surface area contributed by atoms with Crippen LogP contribution in [0.5, 0.6) is 0 Å². The normalized spacial score (nSPS) is 18.7. The minimum absolute atomic E-state index is 0.129. The first-order chi connectivity index (χ1) is 16.7. The van der Waals surface area contributed by atoms with Crippen LogP contribution in [0.25, 0.3) is 11.0 Å². The number of hydrogen-bond acceptors (Lipinski definition) is 5. The summed E-state index contributed by atoms with van der Waals surface area (Å²) in [6.45, 7) is 8.24. The van der Waals surface area contributed by atoms with Crippen LogP contribution in [0.15, 0.2) is 30.5 Å². The van der Waals surface area contributed by atoms with E-state index in [1.807, 2.05) is 23.2 Å². The molecular weight excluding hydrogens is 484 g/mol. The number of aliphatic carboxylic acids is 1. The maximum atomic E-state index is 13.5. The first-order valence-corrected chi connectivity index (χ1v) is 13.3. The fourth-order valence-corrected chi connectivity index (χ4v) is 6.84. The van der Waals surface area contributed by atoms with Crippen molar-refractivity contribution in [2.75, 3.05) is 26.2 Å². The lowest BCUT2D eigenvalue weighted by Gasteiger charge is -2.40. The summed E-state index contributed by atoms with van der Waals surface area (Å²) in [7, 11) is 0. The van der Waals surface area contributed by atoms with E-state index in [0.29, 0.717) is 26.2 Å². The van der Waals surface area contributed by atoms with Crippen molar-refractivity contribution < 1.29 is 14.7 Å². The number of rotatable bonds is 6. The molecule has 5 rings (SSSR count). The highest BCUT2D eigenvalue weighted by Gasteiger charge is 2.39. The van der Waals surface area contributed by atoms with Gasteiger partial charge in [0.2, 0.25) is 5.91 Å². The van der Waals surface area contributed by atoms with Gasteiger partial charge in [-0.15, -0.1) is 11.3 Å². The number of fused-ring (bicyclic) bond motifs is 3. The highest BCUT2D eigenvalue weighted by atomic mass is 35.5. The molecule has 0 atom stereocenters. The van der Waals surface area contributed by atoms with E-state index in [1.54, 1.807) is 11.3 Å². The van der Waals surface area contributed by atoms with Gasteiger partial charge in [0.25, 0.3) is 0 Å². The summed E-state index contributed by atoms with van der Waals surface area (Å²) in [5.41, 5.74) is 3.16. The van der Waals surface area contributed by atoms with Crippen molar-refractivity contribution in [3.63, 3.8) is 0 Å². The van der Waals surface area contributed by atoms with E-state index in [1.165, 1.54) is 5.56 Å². The summed E-state index contributed by atoms with van der Waals surface area (Å²) in [4.78, 5) is 34.5. The third-order valence-corrected chi connectivity index (χ3v) is 8.57. The molecule has 1 saturated heterocycles. The first kappa shape index (κ1) is 24.3. The monoisotopic (exact) mass is 514 g/mol. The number of carbonyl (C=O) groups is 2. The molecule has 9 heteroatoms. The Labute approximate surface area is 214 Å². The maximum Gasteiger partial charge on any atom is 0.303 e. The summed E-state index contributed by atoms with van der Waals surface area (Å²) in [6, 6.07) is 8.10. The van der Waals surface area contributed by atoms with Gasteiger partial charge < -0.3 is 14.6 Å². The number of likely N-dealkylation sites (tertiary alicyclic amines) is 1. The average Bonchev–Trinajstić information content (AvgIpc) is 3.36. The van der Waals surface area contributed by atoms with Gasteiger partial charge in [0.1, 0.15) is 5.65 Å². The van der Waals surface area contributed by atoms with E-state index in [9.17, 15) is 9.59 Å². The molecule has 0 saturated carbocycles. The van der Waals surface area contributed by atoms with Crippen molar-refractivity contribution in [1.82, 2.24) is 19.4 Å². The number of hydrogen-bond donors (Lipinski definition) is 1. The van der Waals surface area contributed by atoms with Gasteiger partial charge in [-0.05, 0) is 61.7 Å². The predicted molar refractivity (Wildman–Crippen MR) is 138 cm³/mol. The lowest BCUT2D eigenvalue weighted by molar-refractivity contribution is -0.139. The number of carboxylic acid groups (broad SMARTS) is 1. The highest BCUT2D eigenvalue weighted by molar-refractivity contribution is 7.16. The van der Waals surface area contributed by atoms with Gasteiger partial charge in [0.05, 0.1) is 24.0 Å². The quantitative estimate of drug-likeness (QED) is 0.520. The van der Waals surface area contributed by atoms with Gasteiger partial charge in [-0.1, -0.05) is 25.4 Å². The zero-order valence-electron chi connectivity index (χ0n) is 20.2. The van der Waals surface area contributed by atoms with Crippen LogP contribution in [-0.2, 0) is 28.1 Å². The standard InChI is InChI=1S/C26H31ClN4O3S/c1-26(2)16-30(22(32)15-29-10-7-17(8-11-29)12-23(33)34)14-20-24(26)19-4-3-9-28-25(19)31(20)13-18-5-6-21(27)35-18/h3-6,9,17H,7-8,10-16H2,1-2H3,(H,33,34). The van der Waals surface area contributed by atoms with Crippen LogP contribution in [0.1, 0.15) is 49.2 Å². The number of aromatic nitrogens is 2. The van der Waals surface area contributed by atoms with E-state index >= 15 is 0 Å². The van der Waals surface area contributed by atoms with Gasteiger partial charge in [-0.25, -0.2) is 4.98 Å². The molecule has 1 N–H and O–H groups in total. The molecule has 0 bridgehead atoms. The zero-order valence-corrected chi connectivity index (χ0v) is 21.7. The van der Waals surface area contributed by atoms with Crippen LogP contribution in [0.4, 0.5) is 0 Å². The fraction of sp³-hybridized carbons (Fsp3) is 0.500. The van der Waals surface area contributed by atoms with Crippen molar-refractivity contribution in [3.8, 4) is 0 Å². The van der Waals surface area contributed by atoms with Crippen molar-refractivity contribution in [3.05, 3.63) is 50.9 Å². The summed E-state index contributed by atoms with van der Waals surface area (Å²) in [6.07, 6.45) is 3.71. The summed E-state index contributed by atoms with van der Waals surface area (Å²) in [5, 5.41) is 10.2. The van der Waals surface area contributed by atoms with Crippen molar-refractivity contribution in [2.24, 2.45) is 5.92 Å². The molecule has 186 valence electrons. The third-order valence-electron chi connectivity index (χ3n) is 7.35. The number of piperidine rings is 1. The second-order valence-corrected chi connectivity index (χ2v) is 12.2. The third kappa shape index (κ3) is 4.97. The Kier molecular flexibility index (Phi) is 6.63. The van der Waals surface area contributed by atoms with Gasteiger partial charge in [0.15, 0.2) is 0 Å². The number of nitrogens with zero attached hydrogens (tertiary/aromatic N) is 4. The average molecular weight is 515 g/mol. The Morgan fingerprint density at radius 2 is 2.00 bits per heavy atom. The fourth-order valence-electron chi connectivity index (χ4n) is 5.76. The largest absolute Gasteiger partial charge is 0.481 e. The van der Waals surface area contributed by atoms with Crippen molar-refractivity contribution in [1.29, 1.82) is 0 Å². The van der Waals surface area contributed by atoms with Crippen LogP contribution in [-0.4, -0.2) is 62.5 Å². The number of carbonyl (C=O) groups excluding carboxylic acids is 1. The lowest BCUT2D eigenvalue weighted by atomic mass is 9.79. The summed E-state index contributed by atoms with van der Waals surface area (Å²) < 4.78 is 3.02. The SMILES string of the molecule is CC1(C)CN(C(=O)CN2CCC(CC(=O)O)CC2)Cc2c1c1cccnc1n2Cc1ccc(Cl)s1. The first-order valence-electron chi connectivity index (χ1n) is 12.1. The van der Waals surface area contributed by atoms with Gasteiger partial charge in [-0.3, -0.25) is 14.5 Å². The molecule has 2 aliphatic rings. The molecule has 3 aromatic rings. The highest BCUT2D eigenvalue weighted by Crippen LogP contribution is 2.40. The van der Waals surface area contributed by atoms with E-state index in [0.717, 1.165) is 51.9 Å². The Morgan fingerprint density at radius 3 is 2.69 bits per heavy atom. The summed E-state index contributed by atoms with van der Waals surface area (Å²) in [5.74, 6) is -0.394. The lowest BCUT2D eigenvalue weighted by Crippen LogP contribution is -2.49. The van der Waals surface area contributed by atoms with Crippen LogP contribution < -0.4 is 0 Å². The predicted octanol–water partition coefficient (Wildman–Crippen LogP) is 4.61. The molecule has 0 unspecified atom stereocenters. The molecule has 1 amide bonds. The van der Waals surface area contributed by atoms with Crippen molar-refractivity contribution in [2.45, 2.75) is 51.6 Å². The minimum Gasteiger partial charge on any atom is -0.481 e. The molecule has 0 spiro atoms. The molecule has 0 aromatic carbocycles. The molecule has 0 aliphatic carbocycles. The molecule has 1 fully saturated rings. The topological polar surface area (TPSA) is 78.7 Å². The van der Waals surface area contributed by atoms with E-state index in [2.05, 4.69) is 35.4 Å². The van der Waals surface area contributed by atoms with Gasteiger partial charge in [-0.2, -0.15) is 0 Å². The molecule has 3 aromatic heterocycles. The Hall–Kier alpha value is -2.42. The maximum absolute atomic E-state index is 13.5. The van der Waals surface area contributed by atoms with Crippen LogP contribution in [0.2, 0.25) is 4.34 Å². The molecular formula is C26H31ClN4O3S. The Bertz CT molecular complexity index is 1260. The number of carboxylic acids is 1. The van der Waals surface area contributed by atoms with E-state index in [4.69, 9.17) is 21.7 Å². The van der Waals surface area contributed by atoms with E-state index < -0.39 is 5.97 Å². The second kappa shape index (κ2) is 9.56. The second-order valence-electron chi connectivity index (χ2n) is 10.4. The van der Waals surface area contributed by atoms with E-state index in [-0.39, 0.29) is 23.7 Å². The smallest absolute Gasteiger partial charge is 0.303 e.